The summed E-state index contributed by atoms with van der Waals surface area (Å²) in [5.74, 6) is 2.20. The van der Waals surface area contributed by atoms with Gasteiger partial charge in [0, 0.05) is 31.3 Å². The molecule has 0 aromatic carbocycles. The normalized spacial score (nSPS) is 20.3. The van der Waals surface area contributed by atoms with Crippen molar-refractivity contribution in [2.75, 3.05) is 25.2 Å². The maximum absolute atomic E-state index is 5.52. The van der Waals surface area contributed by atoms with Crippen molar-refractivity contribution in [2.24, 2.45) is 0 Å². The number of H-pyrrole nitrogens is 1. The Kier molecular flexibility index (Phi) is 4.70. The van der Waals surface area contributed by atoms with Gasteiger partial charge < -0.3 is 9.64 Å². The lowest BCUT2D eigenvalue weighted by molar-refractivity contribution is 0.193. The molecule has 3 heterocycles. The van der Waals surface area contributed by atoms with Gasteiger partial charge >= 0.3 is 0 Å². The van der Waals surface area contributed by atoms with Gasteiger partial charge in [-0.3, -0.25) is 5.10 Å². The van der Waals surface area contributed by atoms with Crippen molar-refractivity contribution in [3.05, 3.63) is 34.5 Å². The Morgan fingerprint density at radius 3 is 2.96 bits per heavy atom. The molecule has 1 atom stereocenters. The molecule has 6 heteroatoms. The average molecular weight is 341 g/mol. The molecule has 2 aromatic heterocycles. The number of nitrogens with one attached hydrogen (secondary N) is 1. The Bertz CT molecular complexity index is 735. The van der Waals surface area contributed by atoms with E-state index in [1.807, 2.05) is 6.92 Å². The Hall–Kier alpha value is -1.95. The summed E-state index contributed by atoms with van der Waals surface area (Å²) in [6.07, 6.45) is 7.17. The van der Waals surface area contributed by atoms with Gasteiger partial charge in [-0.05, 0) is 44.6 Å². The third-order valence-corrected chi connectivity index (χ3v) is 5.36. The fraction of sp³-hybridized carbons (Fsp3) is 0.632. The van der Waals surface area contributed by atoms with E-state index >= 15 is 0 Å². The summed E-state index contributed by atoms with van der Waals surface area (Å²) in [7, 11) is 2.09. The van der Waals surface area contributed by atoms with E-state index in [1.165, 1.54) is 36.2 Å². The summed E-state index contributed by atoms with van der Waals surface area (Å²) < 4.78 is 5.52. The second-order valence-corrected chi connectivity index (χ2v) is 7.30. The number of fused-ring (bicyclic) bond motifs is 1. The molecule has 1 aliphatic carbocycles. The second kappa shape index (κ2) is 7.12. The van der Waals surface area contributed by atoms with Gasteiger partial charge in [0.2, 0.25) is 0 Å². The van der Waals surface area contributed by atoms with Crippen molar-refractivity contribution in [3.63, 3.8) is 0 Å². The molecule has 4 rings (SSSR count). The van der Waals surface area contributed by atoms with Crippen LogP contribution >= 0.6 is 0 Å². The van der Waals surface area contributed by atoms with Crippen LogP contribution in [0.1, 0.15) is 60.1 Å². The van der Waals surface area contributed by atoms with Crippen LogP contribution in [0.5, 0.6) is 0 Å². The van der Waals surface area contributed by atoms with Crippen LogP contribution in [0.25, 0.3) is 0 Å². The molecule has 1 fully saturated rings. The van der Waals surface area contributed by atoms with Gasteiger partial charge in [-0.1, -0.05) is 6.42 Å². The maximum atomic E-state index is 5.52. The minimum absolute atomic E-state index is 0.399. The van der Waals surface area contributed by atoms with Crippen LogP contribution in [-0.4, -0.2) is 40.4 Å². The number of rotatable bonds is 4. The molecule has 1 saturated heterocycles. The number of anilines is 1. The Labute approximate surface area is 149 Å². The molecule has 1 N–H and O–H groups in total. The third-order valence-electron chi connectivity index (χ3n) is 5.36. The van der Waals surface area contributed by atoms with E-state index < -0.39 is 0 Å². The molecular formula is C19H27N5O. The number of nitrogens with zero attached hydrogens (tertiary/aromatic N) is 4. The summed E-state index contributed by atoms with van der Waals surface area (Å²) in [5.41, 5.74) is 5.04. The standard InChI is InChI=1S/C19H27N5O/c1-13-20-17(14-8-9-25-12-14)10-19(21-13)24(2)11-18-15-6-4-3-5-7-16(15)22-23-18/h10,14H,3-9,11-12H2,1-2H3,(H,22,23)/t14-/m1/s1. The molecule has 0 radical (unpaired) electrons. The lowest BCUT2D eigenvalue weighted by Crippen LogP contribution is -2.20. The van der Waals surface area contributed by atoms with Crippen LogP contribution in [0, 0.1) is 6.92 Å². The SMILES string of the molecule is Cc1nc([C@@H]2CCOC2)cc(N(C)Cc2n[nH]c3c2CCCCC3)n1. The Balaban J connectivity index is 1.55. The zero-order valence-electron chi connectivity index (χ0n) is 15.2. The van der Waals surface area contributed by atoms with Gasteiger partial charge in [0.05, 0.1) is 24.5 Å². The highest BCUT2D eigenvalue weighted by Crippen LogP contribution is 2.27. The van der Waals surface area contributed by atoms with E-state index in [-0.39, 0.29) is 0 Å². The van der Waals surface area contributed by atoms with Crippen LogP contribution in [0.2, 0.25) is 0 Å². The first-order valence-corrected chi connectivity index (χ1v) is 9.40. The topological polar surface area (TPSA) is 66.9 Å². The van der Waals surface area contributed by atoms with Gasteiger partial charge in [0.25, 0.3) is 0 Å². The fourth-order valence-corrected chi connectivity index (χ4v) is 3.91. The first-order valence-electron chi connectivity index (χ1n) is 9.40. The van der Waals surface area contributed by atoms with Gasteiger partial charge in [0.1, 0.15) is 11.6 Å². The van der Waals surface area contributed by atoms with E-state index in [0.717, 1.165) is 56.4 Å². The van der Waals surface area contributed by atoms with E-state index in [2.05, 4.69) is 38.2 Å². The first kappa shape index (κ1) is 16.5. The molecule has 6 nitrogen and oxygen atoms in total. The van der Waals surface area contributed by atoms with Crippen molar-refractivity contribution in [2.45, 2.75) is 57.9 Å². The largest absolute Gasteiger partial charge is 0.381 e. The zero-order valence-corrected chi connectivity index (χ0v) is 15.2. The smallest absolute Gasteiger partial charge is 0.132 e. The molecule has 2 aliphatic rings. The maximum Gasteiger partial charge on any atom is 0.132 e. The number of hydrogen-bond donors (Lipinski definition) is 1. The summed E-state index contributed by atoms with van der Waals surface area (Å²) >= 11 is 0. The van der Waals surface area contributed by atoms with Crippen molar-refractivity contribution >= 4 is 5.82 Å². The number of hydrogen-bond acceptors (Lipinski definition) is 5. The molecule has 2 aromatic rings. The van der Waals surface area contributed by atoms with Crippen molar-refractivity contribution in [1.82, 2.24) is 20.2 Å². The monoisotopic (exact) mass is 341 g/mol. The van der Waals surface area contributed by atoms with Gasteiger partial charge in [0.15, 0.2) is 0 Å². The molecule has 0 bridgehead atoms. The van der Waals surface area contributed by atoms with E-state index in [4.69, 9.17) is 4.74 Å². The predicted octanol–water partition coefficient (Wildman–Crippen LogP) is 2.92. The quantitative estimate of drug-likeness (QED) is 0.866. The van der Waals surface area contributed by atoms with Gasteiger partial charge in [-0.15, -0.1) is 0 Å². The summed E-state index contributed by atoms with van der Waals surface area (Å²) in [6, 6.07) is 2.12. The molecule has 0 amide bonds. The first-order chi connectivity index (χ1) is 12.2. The zero-order chi connectivity index (χ0) is 17.2. The highest BCUT2D eigenvalue weighted by atomic mass is 16.5. The van der Waals surface area contributed by atoms with Crippen molar-refractivity contribution < 1.29 is 4.74 Å². The average Bonchev–Trinajstić information content (AvgIpc) is 3.20. The summed E-state index contributed by atoms with van der Waals surface area (Å²) in [4.78, 5) is 11.5. The van der Waals surface area contributed by atoms with E-state index in [0.29, 0.717) is 5.92 Å². The Morgan fingerprint density at radius 2 is 2.12 bits per heavy atom. The van der Waals surface area contributed by atoms with Gasteiger partial charge in [-0.25, -0.2) is 9.97 Å². The second-order valence-electron chi connectivity index (χ2n) is 7.30. The van der Waals surface area contributed by atoms with E-state index in [1.54, 1.807) is 0 Å². The lowest BCUT2D eigenvalue weighted by atomic mass is 10.0. The number of aromatic amines is 1. The minimum atomic E-state index is 0.399. The lowest BCUT2D eigenvalue weighted by Gasteiger charge is -2.20. The molecule has 0 spiro atoms. The molecule has 0 saturated carbocycles. The summed E-state index contributed by atoms with van der Waals surface area (Å²) in [5, 5.41) is 7.86. The van der Waals surface area contributed by atoms with Crippen molar-refractivity contribution in [1.29, 1.82) is 0 Å². The molecule has 0 unspecified atom stereocenters. The number of ether oxygens (including phenoxy) is 1. The van der Waals surface area contributed by atoms with Crippen LogP contribution in [0.4, 0.5) is 5.82 Å². The van der Waals surface area contributed by atoms with Crippen LogP contribution in [0.3, 0.4) is 0 Å². The van der Waals surface area contributed by atoms with E-state index in [9.17, 15) is 0 Å². The van der Waals surface area contributed by atoms with Crippen LogP contribution < -0.4 is 4.90 Å². The number of aromatic nitrogens is 4. The van der Waals surface area contributed by atoms with Crippen LogP contribution in [0.15, 0.2) is 6.07 Å². The molecule has 25 heavy (non-hydrogen) atoms. The highest BCUT2D eigenvalue weighted by Gasteiger charge is 2.22. The summed E-state index contributed by atoms with van der Waals surface area (Å²) in [6.45, 7) is 4.35. The van der Waals surface area contributed by atoms with Crippen LogP contribution in [-0.2, 0) is 24.1 Å². The minimum Gasteiger partial charge on any atom is -0.381 e. The molecule has 134 valence electrons. The predicted molar refractivity (Wildman–Crippen MR) is 96.9 cm³/mol. The molecule has 1 aliphatic heterocycles. The fourth-order valence-electron chi connectivity index (χ4n) is 3.91. The number of aryl methyl sites for hydroxylation is 2. The van der Waals surface area contributed by atoms with Gasteiger partial charge in [-0.2, -0.15) is 5.10 Å². The Morgan fingerprint density at radius 1 is 1.24 bits per heavy atom. The third kappa shape index (κ3) is 3.54. The van der Waals surface area contributed by atoms with Crippen molar-refractivity contribution in [3.8, 4) is 0 Å². The molecular weight excluding hydrogens is 314 g/mol. The highest BCUT2D eigenvalue weighted by molar-refractivity contribution is 5.41.